The Morgan fingerprint density at radius 1 is 1.15 bits per heavy atom. The van der Waals surface area contributed by atoms with Gasteiger partial charge in [-0.1, -0.05) is 6.58 Å². The monoisotopic (exact) mass is 462 g/mol. The molecule has 0 bridgehead atoms. The van der Waals surface area contributed by atoms with E-state index in [0.717, 1.165) is 37.4 Å². The Kier molecular flexibility index (Phi) is 7.07. The number of carbonyl (C=O) groups excluding carboxylic acids is 2. The molecule has 1 aromatic heterocycles. The van der Waals surface area contributed by atoms with Crippen LogP contribution >= 0.6 is 0 Å². The molecule has 2 N–H and O–H groups in total. The summed E-state index contributed by atoms with van der Waals surface area (Å²) in [5.41, 5.74) is 2.92. The molecule has 2 aromatic rings. The van der Waals surface area contributed by atoms with Crippen LogP contribution in [0.25, 0.3) is 0 Å². The number of nitrogens with zero attached hydrogens (tertiary/aromatic N) is 6. The quantitative estimate of drug-likeness (QED) is 0.609. The molecule has 4 rings (SSSR count). The molecule has 10 heteroatoms. The Balaban J connectivity index is 1.40. The molecule has 1 aromatic carbocycles. The minimum atomic E-state index is -0.264. The molecule has 2 aliphatic heterocycles. The molecule has 3 amide bonds. The van der Waals surface area contributed by atoms with E-state index in [2.05, 4.69) is 56.2 Å². The van der Waals surface area contributed by atoms with Crippen LogP contribution < -0.4 is 20.4 Å². The number of fused-ring (bicyclic) bond motifs is 1. The fourth-order valence-electron chi connectivity index (χ4n) is 3.87. The molecule has 0 spiro atoms. The van der Waals surface area contributed by atoms with Gasteiger partial charge in [-0.2, -0.15) is 4.98 Å². The minimum absolute atomic E-state index is 0.208. The Morgan fingerprint density at radius 2 is 1.88 bits per heavy atom. The topological polar surface area (TPSA) is 96.9 Å². The van der Waals surface area contributed by atoms with Gasteiger partial charge in [0.25, 0.3) is 0 Å². The maximum atomic E-state index is 12.8. The van der Waals surface area contributed by atoms with Crippen LogP contribution in [0.2, 0.25) is 0 Å². The number of likely N-dealkylation sites (N-methyl/N-ethyl adjacent to an activating group) is 1. The van der Waals surface area contributed by atoms with E-state index in [1.54, 1.807) is 30.4 Å². The average Bonchev–Trinajstić information content (AvgIpc) is 2.86. The van der Waals surface area contributed by atoms with Crippen molar-refractivity contribution in [3.8, 4) is 0 Å². The van der Waals surface area contributed by atoms with Crippen molar-refractivity contribution in [1.29, 1.82) is 0 Å². The first-order chi connectivity index (χ1) is 16.4. The second-order valence-corrected chi connectivity index (χ2v) is 8.31. The fourth-order valence-corrected chi connectivity index (χ4v) is 3.87. The molecule has 178 valence electrons. The van der Waals surface area contributed by atoms with Gasteiger partial charge in [0.15, 0.2) is 0 Å². The van der Waals surface area contributed by atoms with Gasteiger partial charge in [-0.05, 0) is 43.5 Å². The molecule has 3 heterocycles. The summed E-state index contributed by atoms with van der Waals surface area (Å²) in [6, 6.07) is 8.03. The molecule has 0 aliphatic carbocycles. The number of piperazine rings is 1. The Morgan fingerprint density at radius 3 is 2.59 bits per heavy atom. The van der Waals surface area contributed by atoms with Crippen molar-refractivity contribution < 1.29 is 9.59 Å². The molecule has 0 atom stereocenters. The van der Waals surface area contributed by atoms with E-state index in [1.165, 1.54) is 16.7 Å². The van der Waals surface area contributed by atoms with Gasteiger partial charge in [0.1, 0.15) is 5.82 Å². The second kappa shape index (κ2) is 10.3. The van der Waals surface area contributed by atoms with Crippen LogP contribution in [-0.4, -0.2) is 78.5 Å². The number of nitrogens with one attached hydrogen (secondary N) is 2. The summed E-state index contributed by atoms with van der Waals surface area (Å²) in [7, 11) is 3.83. The van der Waals surface area contributed by atoms with Gasteiger partial charge in [0, 0.05) is 69.1 Å². The number of hydrogen-bond acceptors (Lipinski definition) is 7. The summed E-state index contributed by atoms with van der Waals surface area (Å²) in [6.45, 7) is 8.23. The summed E-state index contributed by atoms with van der Waals surface area (Å²) in [6.07, 6.45) is 6.29. The lowest BCUT2D eigenvalue weighted by Crippen LogP contribution is -2.44. The van der Waals surface area contributed by atoms with E-state index in [-0.39, 0.29) is 11.9 Å². The lowest BCUT2D eigenvalue weighted by molar-refractivity contribution is -0.116. The standard InChI is InChI=1S/C24H30N8O2/c1-4-21(33)25-10-5-11-32-17-18-16-26-23(28-22(18)30(3)24(32)34)27-19-6-8-20(9-7-19)31-14-12-29(2)13-15-31/h4-9,11,16H,1,10,12-15,17H2,2-3H3,(H,25,33)(H,26,27,28)/b11-5+. The predicted molar refractivity (Wildman–Crippen MR) is 133 cm³/mol. The van der Waals surface area contributed by atoms with Crippen molar-refractivity contribution in [1.82, 2.24) is 25.1 Å². The number of amides is 3. The maximum Gasteiger partial charge on any atom is 0.329 e. The lowest BCUT2D eigenvalue weighted by atomic mass is 10.2. The van der Waals surface area contributed by atoms with Crippen molar-refractivity contribution in [2.75, 3.05) is 61.9 Å². The van der Waals surface area contributed by atoms with Crippen molar-refractivity contribution in [3.05, 3.63) is 61.0 Å². The zero-order valence-electron chi connectivity index (χ0n) is 19.6. The van der Waals surface area contributed by atoms with Crippen molar-refractivity contribution in [3.63, 3.8) is 0 Å². The minimum Gasteiger partial charge on any atom is -0.369 e. The first kappa shape index (κ1) is 23.2. The van der Waals surface area contributed by atoms with Crippen LogP contribution in [-0.2, 0) is 11.3 Å². The molecule has 1 fully saturated rings. The first-order valence-electron chi connectivity index (χ1n) is 11.2. The molecule has 0 unspecified atom stereocenters. The van der Waals surface area contributed by atoms with Crippen LogP contribution in [0.15, 0.2) is 55.4 Å². The average molecular weight is 463 g/mol. The lowest BCUT2D eigenvalue weighted by Gasteiger charge is -2.34. The van der Waals surface area contributed by atoms with Crippen molar-refractivity contribution >= 4 is 35.1 Å². The third-order valence-electron chi connectivity index (χ3n) is 5.89. The van der Waals surface area contributed by atoms with Gasteiger partial charge in [0.2, 0.25) is 11.9 Å². The zero-order chi connectivity index (χ0) is 24.1. The predicted octanol–water partition coefficient (Wildman–Crippen LogP) is 2.16. The van der Waals surface area contributed by atoms with Gasteiger partial charge >= 0.3 is 6.03 Å². The molecule has 10 nitrogen and oxygen atoms in total. The zero-order valence-corrected chi connectivity index (χ0v) is 19.6. The summed E-state index contributed by atoms with van der Waals surface area (Å²) in [5, 5.41) is 5.87. The van der Waals surface area contributed by atoms with Gasteiger partial charge in [0.05, 0.1) is 6.54 Å². The smallest absolute Gasteiger partial charge is 0.329 e. The van der Waals surface area contributed by atoms with Crippen LogP contribution in [0.3, 0.4) is 0 Å². The molecule has 1 saturated heterocycles. The highest BCUT2D eigenvalue weighted by Gasteiger charge is 2.28. The summed E-state index contributed by atoms with van der Waals surface area (Å²) >= 11 is 0. The van der Waals surface area contributed by atoms with Crippen LogP contribution in [0.4, 0.5) is 27.9 Å². The van der Waals surface area contributed by atoms with Gasteiger partial charge in [-0.15, -0.1) is 0 Å². The SMILES string of the molecule is C=CC(=O)NC/C=C/N1Cc2cnc(Nc3ccc(N4CCN(C)CC4)cc3)nc2N(C)C1=O. The van der Waals surface area contributed by atoms with E-state index in [4.69, 9.17) is 0 Å². The third-order valence-corrected chi connectivity index (χ3v) is 5.89. The third kappa shape index (κ3) is 5.34. The van der Waals surface area contributed by atoms with Crippen LogP contribution in [0, 0.1) is 0 Å². The molecule has 0 radical (unpaired) electrons. The molecule has 2 aliphatic rings. The van der Waals surface area contributed by atoms with Gasteiger partial charge in [-0.3, -0.25) is 14.6 Å². The largest absolute Gasteiger partial charge is 0.369 e. The number of carbonyl (C=O) groups is 2. The van der Waals surface area contributed by atoms with Gasteiger partial charge in [-0.25, -0.2) is 9.78 Å². The number of aromatic nitrogens is 2. The van der Waals surface area contributed by atoms with E-state index in [0.29, 0.717) is 24.9 Å². The van der Waals surface area contributed by atoms with Crippen LogP contribution in [0.1, 0.15) is 5.56 Å². The van der Waals surface area contributed by atoms with Crippen molar-refractivity contribution in [2.24, 2.45) is 0 Å². The summed E-state index contributed by atoms with van der Waals surface area (Å²) in [4.78, 5) is 40.8. The second-order valence-electron chi connectivity index (χ2n) is 8.31. The highest BCUT2D eigenvalue weighted by atomic mass is 16.2. The Labute approximate surface area is 199 Å². The molecule has 34 heavy (non-hydrogen) atoms. The Hall–Kier alpha value is -3.92. The van der Waals surface area contributed by atoms with Gasteiger partial charge < -0.3 is 20.4 Å². The Bertz CT molecular complexity index is 1080. The number of hydrogen-bond donors (Lipinski definition) is 2. The normalized spacial score (nSPS) is 16.5. The number of rotatable bonds is 7. The van der Waals surface area contributed by atoms with E-state index >= 15 is 0 Å². The van der Waals surface area contributed by atoms with E-state index in [1.807, 2.05) is 12.1 Å². The number of urea groups is 1. The fraction of sp³-hybridized carbons (Fsp3) is 0.333. The van der Waals surface area contributed by atoms with E-state index in [9.17, 15) is 9.59 Å². The van der Waals surface area contributed by atoms with Crippen molar-refractivity contribution in [2.45, 2.75) is 6.54 Å². The summed E-state index contributed by atoms with van der Waals surface area (Å²) in [5.74, 6) is 0.738. The highest BCUT2D eigenvalue weighted by molar-refractivity contribution is 5.94. The number of anilines is 4. The molecular weight excluding hydrogens is 432 g/mol. The highest BCUT2D eigenvalue weighted by Crippen LogP contribution is 2.27. The summed E-state index contributed by atoms with van der Waals surface area (Å²) < 4.78 is 0. The molecular formula is C24H30N8O2. The van der Waals surface area contributed by atoms with Crippen LogP contribution in [0.5, 0.6) is 0 Å². The molecule has 0 saturated carbocycles. The first-order valence-corrected chi connectivity index (χ1v) is 11.2. The maximum absolute atomic E-state index is 12.8. The van der Waals surface area contributed by atoms with E-state index < -0.39 is 0 Å². The number of benzene rings is 1.